The first-order valence-corrected chi connectivity index (χ1v) is 5.54. The minimum atomic E-state index is -0.534. The van der Waals surface area contributed by atoms with E-state index in [2.05, 4.69) is 0 Å². The van der Waals surface area contributed by atoms with Crippen LogP contribution >= 0.6 is 11.6 Å². The van der Waals surface area contributed by atoms with E-state index in [1.54, 1.807) is 24.3 Å². The third-order valence-corrected chi connectivity index (χ3v) is 2.54. The van der Waals surface area contributed by atoms with Crippen LogP contribution in [0.5, 0.6) is 17.2 Å². The summed E-state index contributed by atoms with van der Waals surface area (Å²) < 4.78 is 23.7. The highest BCUT2D eigenvalue weighted by Crippen LogP contribution is 2.33. The minimum Gasteiger partial charge on any atom is -0.494 e. The largest absolute Gasteiger partial charge is 0.494 e. The van der Waals surface area contributed by atoms with Crippen molar-refractivity contribution in [1.82, 2.24) is 0 Å². The Balaban J connectivity index is 2.34. The lowest BCUT2D eigenvalue weighted by molar-refractivity contribution is 0.382. The number of benzene rings is 2. The van der Waals surface area contributed by atoms with Gasteiger partial charge in [-0.3, -0.25) is 0 Å². The lowest BCUT2D eigenvalue weighted by Gasteiger charge is -2.11. The Hall–Kier alpha value is -1.94. The van der Waals surface area contributed by atoms with Gasteiger partial charge in [0, 0.05) is 17.2 Å². The molecule has 3 nitrogen and oxygen atoms in total. The maximum absolute atomic E-state index is 13.4. The van der Waals surface area contributed by atoms with E-state index in [0.717, 1.165) is 6.07 Å². The fraction of sp³-hybridized carbons (Fsp3) is 0.0769. The van der Waals surface area contributed by atoms with Gasteiger partial charge in [0.25, 0.3) is 0 Å². The van der Waals surface area contributed by atoms with E-state index < -0.39 is 5.82 Å². The fourth-order valence-electron chi connectivity index (χ4n) is 1.45. The van der Waals surface area contributed by atoms with E-state index in [1.807, 2.05) is 0 Å². The highest BCUT2D eigenvalue weighted by atomic mass is 35.5. The molecule has 0 fully saturated rings. The van der Waals surface area contributed by atoms with Crippen molar-refractivity contribution >= 4 is 17.3 Å². The minimum absolute atomic E-state index is 0.0706. The molecule has 0 saturated carbocycles. The van der Waals surface area contributed by atoms with Crippen molar-refractivity contribution in [3.8, 4) is 17.2 Å². The van der Waals surface area contributed by atoms with Crippen molar-refractivity contribution in [3.05, 3.63) is 47.2 Å². The summed E-state index contributed by atoms with van der Waals surface area (Å²) in [6, 6.07) is 9.37. The average Bonchev–Trinajstić information content (AvgIpc) is 2.33. The maximum Gasteiger partial charge on any atom is 0.167 e. The van der Waals surface area contributed by atoms with Crippen LogP contribution in [0.1, 0.15) is 0 Å². The van der Waals surface area contributed by atoms with Gasteiger partial charge in [0.1, 0.15) is 5.75 Å². The lowest BCUT2D eigenvalue weighted by atomic mass is 10.2. The van der Waals surface area contributed by atoms with E-state index in [0.29, 0.717) is 16.5 Å². The number of rotatable bonds is 3. The van der Waals surface area contributed by atoms with Gasteiger partial charge in [-0.15, -0.1) is 0 Å². The van der Waals surface area contributed by atoms with Gasteiger partial charge in [0.2, 0.25) is 0 Å². The van der Waals surface area contributed by atoms with Crippen LogP contribution in [-0.4, -0.2) is 7.11 Å². The Morgan fingerprint density at radius 3 is 2.61 bits per heavy atom. The molecule has 5 heteroatoms. The van der Waals surface area contributed by atoms with E-state index in [9.17, 15) is 4.39 Å². The monoisotopic (exact) mass is 267 g/mol. The van der Waals surface area contributed by atoms with Crippen LogP contribution in [0.25, 0.3) is 0 Å². The van der Waals surface area contributed by atoms with Gasteiger partial charge >= 0.3 is 0 Å². The molecule has 0 bridgehead atoms. The normalized spacial score (nSPS) is 10.2. The predicted molar refractivity (Wildman–Crippen MR) is 68.9 cm³/mol. The summed E-state index contributed by atoms with van der Waals surface area (Å²) in [4.78, 5) is 0. The van der Waals surface area contributed by atoms with Crippen molar-refractivity contribution < 1.29 is 13.9 Å². The first-order valence-electron chi connectivity index (χ1n) is 5.16. The Morgan fingerprint density at radius 1 is 1.17 bits per heavy atom. The molecule has 94 valence electrons. The average molecular weight is 268 g/mol. The van der Waals surface area contributed by atoms with Crippen molar-refractivity contribution in [2.75, 3.05) is 12.8 Å². The maximum atomic E-state index is 13.4. The van der Waals surface area contributed by atoms with Crippen LogP contribution in [0.4, 0.5) is 10.1 Å². The molecule has 0 unspecified atom stereocenters. The molecule has 2 N–H and O–H groups in total. The van der Waals surface area contributed by atoms with Crippen LogP contribution in [0.2, 0.25) is 5.02 Å². The van der Waals surface area contributed by atoms with Gasteiger partial charge in [0.15, 0.2) is 17.3 Å². The number of nitrogen functional groups attached to an aromatic ring is 1. The second kappa shape index (κ2) is 5.14. The Bertz CT molecular complexity index is 575. The number of nitrogens with two attached hydrogens (primary N) is 1. The van der Waals surface area contributed by atoms with E-state index in [1.165, 1.54) is 13.2 Å². The lowest BCUT2D eigenvalue weighted by Crippen LogP contribution is -1.96. The molecule has 0 radical (unpaired) electrons. The van der Waals surface area contributed by atoms with Crippen molar-refractivity contribution in [2.45, 2.75) is 0 Å². The van der Waals surface area contributed by atoms with Crippen molar-refractivity contribution in [3.63, 3.8) is 0 Å². The number of hydrogen-bond acceptors (Lipinski definition) is 3. The third-order valence-electron chi connectivity index (χ3n) is 2.31. The standard InChI is InChI=1S/C13H11ClFNO2/c1-17-12-7-13(11(16)6-10(12)15)18-9-4-2-3-8(14)5-9/h2-7H,16H2,1H3. The van der Waals surface area contributed by atoms with Gasteiger partial charge in [0.05, 0.1) is 12.8 Å². The summed E-state index contributed by atoms with van der Waals surface area (Å²) >= 11 is 5.84. The highest BCUT2D eigenvalue weighted by Gasteiger charge is 2.10. The summed E-state index contributed by atoms with van der Waals surface area (Å²) in [6.07, 6.45) is 0. The van der Waals surface area contributed by atoms with Crippen LogP contribution in [0.15, 0.2) is 36.4 Å². The molecule has 0 heterocycles. The van der Waals surface area contributed by atoms with Gasteiger partial charge in [-0.05, 0) is 18.2 Å². The Kier molecular flexibility index (Phi) is 3.58. The summed E-state index contributed by atoms with van der Waals surface area (Å²) in [6.45, 7) is 0. The molecular formula is C13H11ClFNO2. The molecule has 0 saturated heterocycles. The number of hydrogen-bond donors (Lipinski definition) is 1. The van der Waals surface area contributed by atoms with Gasteiger partial charge in [-0.2, -0.15) is 0 Å². The first-order chi connectivity index (χ1) is 8.60. The number of halogens is 2. The zero-order valence-electron chi connectivity index (χ0n) is 9.61. The summed E-state index contributed by atoms with van der Waals surface area (Å²) in [7, 11) is 1.37. The van der Waals surface area contributed by atoms with Crippen LogP contribution < -0.4 is 15.2 Å². The van der Waals surface area contributed by atoms with E-state index in [-0.39, 0.29) is 11.4 Å². The number of ether oxygens (including phenoxy) is 2. The van der Waals surface area contributed by atoms with Gasteiger partial charge in [-0.25, -0.2) is 4.39 Å². The first kappa shape index (κ1) is 12.5. The highest BCUT2D eigenvalue weighted by molar-refractivity contribution is 6.30. The topological polar surface area (TPSA) is 44.5 Å². The van der Waals surface area contributed by atoms with Crippen molar-refractivity contribution in [1.29, 1.82) is 0 Å². The number of anilines is 1. The molecule has 0 aliphatic rings. The second-order valence-corrected chi connectivity index (χ2v) is 4.02. The summed E-state index contributed by atoms with van der Waals surface area (Å²) in [5, 5.41) is 0.542. The molecule has 0 atom stereocenters. The molecule has 18 heavy (non-hydrogen) atoms. The molecule has 0 aliphatic heterocycles. The molecule has 2 aromatic rings. The molecule has 0 aromatic heterocycles. The van der Waals surface area contributed by atoms with Gasteiger partial charge in [-0.1, -0.05) is 17.7 Å². The van der Waals surface area contributed by atoms with E-state index >= 15 is 0 Å². The zero-order valence-corrected chi connectivity index (χ0v) is 10.4. The molecule has 2 aromatic carbocycles. The SMILES string of the molecule is COc1cc(Oc2cccc(Cl)c2)c(N)cc1F. The molecular weight excluding hydrogens is 257 g/mol. The predicted octanol–water partition coefficient (Wildman–Crippen LogP) is 3.86. The molecule has 0 amide bonds. The molecule has 2 rings (SSSR count). The van der Waals surface area contributed by atoms with Gasteiger partial charge < -0.3 is 15.2 Å². The zero-order chi connectivity index (χ0) is 13.1. The smallest absolute Gasteiger partial charge is 0.167 e. The van der Waals surface area contributed by atoms with Crippen LogP contribution in [0.3, 0.4) is 0 Å². The van der Waals surface area contributed by atoms with Crippen molar-refractivity contribution in [2.24, 2.45) is 0 Å². The second-order valence-electron chi connectivity index (χ2n) is 3.58. The van der Waals surface area contributed by atoms with Crippen LogP contribution in [-0.2, 0) is 0 Å². The molecule has 0 spiro atoms. The van der Waals surface area contributed by atoms with E-state index in [4.69, 9.17) is 26.8 Å². The third kappa shape index (κ3) is 2.65. The summed E-state index contributed by atoms with van der Waals surface area (Å²) in [5.74, 6) is 0.369. The summed E-state index contributed by atoms with van der Waals surface area (Å²) in [5.41, 5.74) is 5.87. The Morgan fingerprint density at radius 2 is 1.94 bits per heavy atom. The Labute approximate surface area is 109 Å². The quantitative estimate of drug-likeness (QED) is 0.859. The molecule has 0 aliphatic carbocycles. The fourth-order valence-corrected chi connectivity index (χ4v) is 1.63. The number of methoxy groups -OCH3 is 1. The van der Waals surface area contributed by atoms with Crippen LogP contribution in [0, 0.1) is 5.82 Å².